The number of aromatic amines is 1. The van der Waals surface area contributed by atoms with Crippen LogP contribution in [0.25, 0.3) is 0 Å². The van der Waals surface area contributed by atoms with Crippen LogP contribution in [-0.2, 0) is 7.05 Å². The molecule has 0 radical (unpaired) electrons. The van der Waals surface area contributed by atoms with E-state index in [9.17, 15) is 0 Å². The van der Waals surface area contributed by atoms with Crippen molar-refractivity contribution >= 4 is 0 Å². The molecule has 0 saturated carbocycles. The van der Waals surface area contributed by atoms with Gasteiger partial charge in [-0.1, -0.05) is 136 Å². The summed E-state index contributed by atoms with van der Waals surface area (Å²) in [6.07, 6.45) is 34.2. The van der Waals surface area contributed by atoms with Crippen LogP contribution in [0, 0.1) is 0 Å². The maximum atomic E-state index is 3.53. The zero-order valence-corrected chi connectivity index (χ0v) is 21.0. The van der Waals surface area contributed by atoms with E-state index in [-0.39, 0.29) is 0 Å². The van der Waals surface area contributed by atoms with Gasteiger partial charge in [0, 0.05) is 0 Å². The molecule has 0 spiro atoms. The smallest absolute Gasteiger partial charge is 0.247 e. The fourth-order valence-electron chi connectivity index (χ4n) is 4.82. The highest BCUT2D eigenvalue weighted by Crippen LogP contribution is 2.26. The SMILES string of the molecule is CCCCCCCCCCCCCC[C@H](CCCCCCCCC)c1[nH]cc[n+]1C. The minimum absolute atomic E-state index is 0.726. The minimum Gasteiger partial charge on any atom is -0.247 e. The van der Waals surface area contributed by atoms with Gasteiger partial charge in [0.1, 0.15) is 12.4 Å². The average Bonchev–Trinajstić information content (AvgIpc) is 3.18. The largest absolute Gasteiger partial charge is 0.257 e. The Bertz CT molecular complexity index is 465. The lowest BCUT2D eigenvalue weighted by atomic mass is 9.93. The summed E-state index contributed by atoms with van der Waals surface area (Å²) in [5.41, 5.74) is 0. The molecule has 1 aromatic heterocycles. The molecule has 176 valence electrons. The van der Waals surface area contributed by atoms with Crippen LogP contribution in [0.5, 0.6) is 0 Å². The molecular formula is C28H55N2+. The third-order valence-corrected chi connectivity index (χ3v) is 6.86. The van der Waals surface area contributed by atoms with E-state index in [1.54, 1.807) is 0 Å². The highest BCUT2D eigenvalue weighted by atomic mass is 15.0. The zero-order chi connectivity index (χ0) is 21.7. The van der Waals surface area contributed by atoms with Gasteiger partial charge in [-0.25, -0.2) is 9.55 Å². The first-order valence-electron chi connectivity index (χ1n) is 13.8. The number of unbranched alkanes of at least 4 members (excludes halogenated alkanes) is 17. The summed E-state index contributed by atoms with van der Waals surface area (Å²) >= 11 is 0. The molecule has 0 saturated heterocycles. The Balaban J connectivity index is 2.09. The number of aromatic nitrogens is 2. The third kappa shape index (κ3) is 14.3. The fraction of sp³-hybridized carbons (Fsp3) is 0.893. The molecular weight excluding hydrogens is 364 g/mol. The van der Waals surface area contributed by atoms with Gasteiger partial charge in [0.25, 0.3) is 5.82 Å². The van der Waals surface area contributed by atoms with Gasteiger partial charge < -0.3 is 0 Å². The van der Waals surface area contributed by atoms with Gasteiger partial charge >= 0.3 is 0 Å². The summed E-state index contributed by atoms with van der Waals surface area (Å²) in [5.74, 6) is 2.17. The van der Waals surface area contributed by atoms with Crippen LogP contribution >= 0.6 is 0 Å². The number of rotatable bonds is 22. The Morgan fingerprint density at radius 1 is 0.600 bits per heavy atom. The first-order chi connectivity index (χ1) is 14.8. The Morgan fingerprint density at radius 2 is 0.967 bits per heavy atom. The Hall–Kier alpha value is -0.790. The van der Waals surface area contributed by atoms with Crippen molar-refractivity contribution in [2.45, 2.75) is 155 Å². The summed E-state index contributed by atoms with van der Waals surface area (Å²) in [5, 5.41) is 0. The van der Waals surface area contributed by atoms with Gasteiger partial charge in [-0.3, -0.25) is 0 Å². The Labute approximate surface area is 189 Å². The van der Waals surface area contributed by atoms with Crippen LogP contribution in [0.4, 0.5) is 0 Å². The molecule has 0 aliphatic carbocycles. The van der Waals surface area contributed by atoms with Gasteiger partial charge in [-0.2, -0.15) is 0 Å². The van der Waals surface area contributed by atoms with Crippen molar-refractivity contribution < 1.29 is 4.57 Å². The Kier molecular flexibility index (Phi) is 18.3. The third-order valence-electron chi connectivity index (χ3n) is 6.86. The van der Waals surface area contributed by atoms with E-state index < -0.39 is 0 Å². The van der Waals surface area contributed by atoms with Crippen molar-refractivity contribution in [2.75, 3.05) is 0 Å². The van der Waals surface area contributed by atoms with Crippen molar-refractivity contribution in [3.8, 4) is 0 Å². The van der Waals surface area contributed by atoms with E-state index >= 15 is 0 Å². The first-order valence-corrected chi connectivity index (χ1v) is 13.8. The van der Waals surface area contributed by atoms with E-state index in [0.717, 1.165) is 5.92 Å². The van der Waals surface area contributed by atoms with Crippen molar-refractivity contribution in [3.63, 3.8) is 0 Å². The number of H-pyrrole nitrogens is 1. The molecule has 0 fully saturated rings. The van der Waals surface area contributed by atoms with Crippen LogP contribution in [0.1, 0.15) is 160 Å². The van der Waals surface area contributed by atoms with Crippen molar-refractivity contribution in [2.24, 2.45) is 7.05 Å². The topological polar surface area (TPSA) is 19.7 Å². The molecule has 1 atom stereocenters. The summed E-state index contributed by atoms with van der Waals surface area (Å²) in [6.45, 7) is 4.60. The van der Waals surface area contributed by atoms with Gasteiger partial charge in [0.05, 0.1) is 13.0 Å². The first kappa shape index (κ1) is 27.2. The summed E-state index contributed by atoms with van der Waals surface area (Å²) in [4.78, 5) is 3.53. The number of imidazole rings is 1. The maximum absolute atomic E-state index is 3.53. The molecule has 30 heavy (non-hydrogen) atoms. The van der Waals surface area contributed by atoms with E-state index in [1.165, 1.54) is 141 Å². The molecule has 1 heterocycles. The van der Waals surface area contributed by atoms with Crippen LogP contribution in [0.15, 0.2) is 12.4 Å². The number of nitrogens with one attached hydrogen (secondary N) is 1. The molecule has 2 heteroatoms. The molecule has 0 amide bonds. The van der Waals surface area contributed by atoms with E-state index in [0.29, 0.717) is 0 Å². The van der Waals surface area contributed by atoms with Crippen LogP contribution in [0.2, 0.25) is 0 Å². The standard InChI is InChI=1S/C28H54N2/c1-4-6-8-10-12-13-14-15-16-18-20-22-24-27(28-29-25-26-30(28)3)23-21-19-17-11-9-7-5-2/h25-27H,4-24H2,1-3H3/p+1/t27-/m0/s1. The van der Waals surface area contributed by atoms with Crippen molar-refractivity contribution in [1.82, 2.24) is 4.98 Å². The second-order valence-electron chi connectivity index (χ2n) is 9.74. The van der Waals surface area contributed by atoms with E-state index in [1.807, 2.05) is 0 Å². The number of aryl methyl sites for hydroxylation is 1. The van der Waals surface area contributed by atoms with E-state index in [4.69, 9.17) is 0 Å². The van der Waals surface area contributed by atoms with E-state index in [2.05, 4.69) is 42.8 Å². The molecule has 0 aromatic carbocycles. The second kappa shape index (κ2) is 20.1. The van der Waals surface area contributed by atoms with Crippen LogP contribution in [-0.4, -0.2) is 4.98 Å². The lowest BCUT2D eigenvalue weighted by Crippen LogP contribution is -2.32. The lowest BCUT2D eigenvalue weighted by molar-refractivity contribution is -0.679. The van der Waals surface area contributed by atoms with Crippen LogP contribution in [0.3, 0.4) is 0 Å². The lowest BCUT2D eigenvalue weighted by Gasteiger charge is -2.13. The van der Waals surface area contributed by atoms with Crippen molar-refractivity contribution in [1.29, 1.82) is 0 Å². The average molecular weight is 420 g/mol. The number of hydrogen-bond acceptors (Lipinski definition) is 0. The minimum atomic E-state index is 0.726. The monoisotopic (exact) mass is 419 g/mol. The molecule has 1 aromatic rings. The molecule has 0 aliphatic heterocycles. The normalized spacial score (nSPS) is 12.5. The molecule has 1 N–H and O–H groups in total. The molecule has 1 rings (SSSR count). The maximum Gasteiger partial charge on any atom is 0.257 e. The van der Waals surface area contributed by atoms with Crippen LogP contribution < -0.4 is 4.57 Å². The van der Waals surface area contributed by atoms with Gasteiger partial charge in [-0.05, 0) is 12.8 Å². The number of hydrogen-bond donors (Lipinski definition) is 1. The predicted molar refractivity (Wildman–Crippen MR) is 133 cm³/mol. The highest BCUT2D eigenvalue weighted by molar-refractivity contribution is 4.89. The molecule has 2 nitrogen and oxygen atoms in total. The fourth-order valence-corrected chi connectivity index (χ4v) is 4.82. The quantitative estimate of drug-likeness (QED) is 0.143. The predicted octanol–water partition coefficient (Wildman–Crippen LogP) is 9.15. The van der Waals surface area contributed by atoms with Gasteiger partial charge in [0.2, 0.25) is 0 Å². The number of nitrogens with zero attached hydrogens (tertiary/aromatic N) is 1. The molecule has 0 aliphatic rings. The Morgan fingerprint density at radius 3 is 1.30 bits per heavy atom. The zero-order valence-electron chi connectivity index (χ0n) is 21.0. The second-order valence-corrected chi connectivity index (χ2v) is 9.74. The van der Waals surface area contributed by atoms with Crippen molar-refractivity contribution in [3.05, 3.63) is 18.2 Å². The van der Waals surface area contributed by atoms with Gasteiger partial charge in [-0.15, -0.1) is 0 Å². The summed E-state index contributed by atoms with van der Waals surface area (Å²) in [7, 11) is 2.20. The summed E-state index contributed by atoms with van der Waals surface area (Å²) in [6, 6.07) is 0. The van der Waals surface area contributed by atoms with Gasteiger partial charge in [0.15, 0.2) is 0 Å². The summed E-state index contributed by atoms with van der Waals surface area (Å²) < 4.78 is 2.31. The molecule has 0 bridgehead atoms. The highest BCUT2D eigenvalue weighted by Gasteiger charge is 2.20. The molecule has 0 unspecified atom stereocenters.